The van der Waals surface area contributed by atoms with Crippen molar-refractivity contribution in [2.45, 2.75) is 6.92 Å². The second kappa shape index (κ2) is 6.82. The molecule has 0 radical (unpaired) electrons. The van der Waals surface area contributed by atoms with Crippen molar-refractivity contribution in [3.05, 3.63) is 36.1 Å². The number of hydrogen-bond donors (Lipinski definition) is 1. The first-order valence-corrected chi connectivity index (χ1v) is 8.04. The normalized spacial score (nSPS) is 14.6. The average Bonchev–Trinajstić information content (AvgIpc) is 3.00. The van der Waals surface area contributed by atoms with Crippen molar-refractivity contribution in [2.24, 2.45) is 0 Å². The highest BCUT2D eigenvalue weighted by Crippen LogP contribution is 2.21. The molecule has 128 valence electrons. The number of carbonyl (C=O) groups is 1. The molecule has 0 bridgehead atoms. The molecule has 2 aromatic rings. The molecular weight excluding hydrogens is 306 g/mol. The van der Waals surface area contributed by atoms with Crippen molar-refractivity contribution in [3.8, 4) is 0 Å². The number of piperazine rings is 1. The summed E-state index contributed by atoms with van der Waals surface area (Å²) in [6.07, 6.45) is 0. The van der Waals surface area contributed by atoms with Crippen LogP contribution in [0.4, 0.5) is 22.0 Å². The number of urea groups is 1. The Hall–Kier alpha value is -2.70. The van der Waals surface area contributed by atoms with E-state index in [4.69, 9.17) is 4.52 Å². The van der Waals surface area contributed by atoms with Crippen molar-refractivity contribution in [1.29, 1.82) is 0 Å². The van der Waals surface area contributed by atoms with E-state index in [2.05, 4.69) is 44.5 Å². The van der Waals surface area contributed by atoms with Gasteiger partial charge in [-0.25, -0.2) is 4.79 Å². The number of anilines is 3. The molecule has 0 unspecified atom stereocenters. The van der Waals surface area contributed by atoms with Crippen LogP contribution in [0.2, 0.25) is 0 Å². The highest BCUT2D eigenvalue weighted by molar-refractivity contribution is 5.88. The number of rotatable bonds is 3. The predicted octanol–water partition coefficient (Wildman–Crippen LogP) is 2.40. The molecule has 0 atom stereocenters. The summed E-state index contributed by atoms with van der Waals surface area (Å²) in [6, 6.07) is 10.1. The Labute approximate surface area is 141 Å². The van der Waals surface area contributed by atoms with Gasteiger partial charge in [0.2, 0.25) is 0 Å². The van der Waals surface area contributed by atoms with E-state index in [1.807, 2.05) is 14.1 Å². The largest absolute Gasteiger partial charge is 0.378 e. The van der Waals surface area contributed by atoms with Gasteiger partial charge < -0.3 is 19.2 Å². The van der Waals surface area contributed by atoms with Crippen molar-refractivity contribution < 1.29 is 9.32 Å². The Morgan fingerprint density at radius 3 is 2.38 bits per heavy atom. The smallest absolute Gasteiger partial charge is 0.323 e. The van der Waals surface area contributed by atoms with Gasteiger partial charge in [0.1, 0.15) is 5.76 Å². The molecule has 2 heterocycles. The van der Waals surface area contributed by atoms with Gasteiger partial charge in [0.05, 0.1) is 0 Å². The van der Waals surface area contributed by atoms with E-state index in [0.29, 0.717) is 24.7 Å². The molecule has 1 aliphatic heterocycles. The summed E-state index contributed by atoms with van der Waals surface area (Å²) >= 11 is 0. The average molecular weight is 329 g/mol. The number of nitrogens with zero attached hydrogens (tertiary/aromatic N) is 4. The minimum Gasteiger partial charge on any atom is -0.378 e. The first-order chi connectivity index (χ1) is 11.5. The second-order valence-corrected chi connectivity index (χ2v) is 6.14. The summed E-state index contributed by atoms with van der Waals surface area (Å²) < 4.78 is 4.96. The maximum atomic E-state index is 12.2. The summed E-state index contributed by atoms with van der Waals surface area (Å²) in [4.78, 5) is 18.4. The van der Waals surface area contributed by atoms with Crippen LogP contribution in [0.15, 0.2) is 34.9 Å². The summed E-state index contributed by atoms with van der Waals surface area (Å²) in [5.41, 5.74) is 2.37. The van der Waals surface area contributed by atoms with Crippen LogP contribution < -0.4 is 15.1 Å². The van der Waals surface area contributed by atoms with Gasteiger partial charge in [0.15, 0.2) is 5.82 Å². The summed E-state index contributed by atoms with van der Waals surface area (Å²) in [7, 11) is 4.06. The fraction of sp³-hybridized carbons (Fsp3) is 0.412. The molecule has 2 amide bonds. The number of benzene rings is 1. The molecule has 0 aliphatic carbocycles. The third-order valence-electron chi connectivity index (χ3n) is 4.16. The van der Waals surface area contributed by atoms with E-state index in [9.17, 15) is 4.79 Å². The van der Waals surface area contributed by atoms with Gasteiger partial charge in [-0.2, -0.15) is 0 Å². The van der Waals surface area contributed by atoms with Gasteiger partial charge in [-0.05, 0) is 31.2 Å². The van der Waals surface area contributed by atoms with E-state index in [1.54, 1.807) is 17.9 Å². The standard InChI is InChI=1S/C17H23N5O2/c1-13-12-16(19-24-13)18-17(23)22-10-8-21(9-11-22)15-6-4-14(5-7-15)20(2)3/h4-7,12H,8-11H2,1-3H3,(H,18,19,23). The quantitative estimate of drug-likeness (QED) is 0.937. The SMILES string of the molecule is Cc1cc(NC(=O)N2CCN(c3ccc(N(C)C)cc3)CC2)no1. The van der Waals surface area contributed by atoms with Crippen molar-refractivity contribution >= 4 is 23.2 Å². The molecule has 1 aromatic carbocycles. The van der Waals surface area contributed by atoms with Crippen LogP contribution in [0, 0.1) is 6.92 Å². The molecule has 1 fully saturated rings. The maximum absolute atomic E-state index is 12.2. The zero-order chi connectivity index (χ0) is 17.1. The van der Waals surface area contributed by atoms with Gasteiger partial charge in [-0.3, -0.25) is 5.32 Å². The first kappa shape index (κ1) is 16.2. The minimum absolute atomic E-state index is 0.133. The molecule has 1 aliphatic rings. The Morgan fingerprint density at radius 1 is 1.17 bits per heavy atom. The molecule has 1 N–H and O–H groups in total. The maximum Gasteiger partial charge on any atom is 0.323 e. The van der Waals surface area contributed by atoms with Crippen molar-refractivity contribution in [1.82, 2.24) is 10.1 Å². The molecule has 0 spiro atoms. The fourth-order valence-electron chi connectivity index (χ4n) is 2.74. The van der Waals surface area contributed by atoms with Crippen LogP contribution in [0.5, 0.6) is 0 Å². The first-order valence-electron chi connectivity index (χ1n) is 8.04. The highest BCUT2D eigenvalue weighted by Gasteiger charge is 2.22. The third-order valence-corrected chi connectivity index (χ3v) is 4.16. The van der Waals surface area contributed by atoms with Gasteiger partial charge in [0, 0.05) is 57.7 Å². The number of hydrogen-bond acceptors (Lipinski definition) is 5. The van der Waals surface area contributed by atoms with Crippen molar-refractivity contribution in [3.63, 3.8) is 0 Å². The van der Waals surface area contributed by atoms with E-state index in [0.717, 1.165) is 13.1 Å². The molecular formula is C17H23N5O2. The van der Waals surface area contributed by atoms with Gasteiger partial charge in [-0.1, -0.05) is 5.16 Å². The Bertz CT molecular complexity index is 687. The monoisotopic (exact) mass is 329 g/mol. The topological polar surface area (TPSA) is 64.9 Å². The zero-order valence-corrected chi connectivity index (χ0v) is 14.3. The highest BCUT2D eigenvalue weighted by atomic mass is 16.5. The Morgan fingerprint density at radius 2 is 1.83 bits per heavy atom. The molecule has 1 saturated heterocycles. The van der Waals surface area contributed by atoms with E-state index in [-0.39, 0.29) is 6.03 Å². The van der Waals surface area contributed by atoms with Crippen LogP contribution in [0.3, 0.4) is 0 Å². The van der Waals surface area contributed by atoms with Crippen LogP contribution in [0.25, 0.3) is 0 Å². The van der Waals surface area contributed by atoms with Gasteiger partial charge >= 0.3 is 6.03 Å². The molecule has 7 nitrogen and oxygen atoms in total. The lowest BCUT2D eigenvalue weighted by molar-refractivity contribution is 0.208. The van der Waals surface area contributed by atoms with Crippen LogP contribution in [-0.4, -0.2) is 56.4 Å². The molecule has 0 saturated carbocycles. The molecule has 1 aromatic heterocycles. The van der Waals surface area contributed by atoms with Crippen LogP contribution >= 0.6 is 0 Å². The lowest BCUT2D eigenvalue weighted by Gasteiger charge is -2.36. The number of carbonyl (C=O) groups excluding carboxylic acids is 1. The lowest BCUT2D eigenvalue weighted by Crippen LogP contribution is -2.50. The predicted molar refractivity (Wildman–Crippen MR) is 94.8 cm³/mol. The Kier molecular flexibility index (Phi) is 4.59. The van der Waals surface area contributed by atoms with Crippen LogP contribution in [-0.2, 0) is 0 Å². The van der Waals surface area contributed by atoms with Gasteiger partial charge in [-0.15, -0.1) is 0 Å². The van der Waals surface area contributed by atoms with Crippen LogP contribution in [0.1, 0.15) is 5.76 Å². The fourth-order valence-corrected chi connectivity index (χ4v) is 2.74. The molecule has 7 heteroatoms. The number of nitrogens with one attached hydrogen (secondary N) is 1. The Balaban J connectivity index is 1.54. The second-order valence-electron chi connectivity index (χ2n) is 6.14. The summed E-state index contributed by atoms with van der Waals surface area (Å²) in [6.45, 7) is 4.78. The molecule has 3 rings (SSSR count). The molecule has 24 heavy (non-hydrogen) atoms. The van der Waals surface area contributed by atoms with E-state index < -0.39 is 0 Å². The number of amides is 2. The third kappa shape index (κ3) is 3.61. The summed E-state index contributed by atoms with van der Waals surface area (Å²) in [5, 5.41) is 6.55. The van der Waals surface area contributed by atoms with Gasteiger partial charge in [0.25, 0.3) is 0 Å². The van der Waals surface area contributed by atoms with Crippen molar-refractivity contribution in [2.75, 3.05) is 55.4 Å². The van der Waals surface area contributed by atoms with E-state index in [1.165, 1.54) is 11.4 Å². The summed E-state index contributed by atoms with van der Waals surface area (Å²) in [5.74, 6) is 1.13. The number of aromatic nitrogens is 1. The minimum atomic E-state index is -0.133. The lowest BCUT2D eigenvalue weighted by atomic mass is 10.2. The zero-order valence-electron chi connectivity index (χ0n) is 14.3. The van der Waals surface area contributed by atoms with E-state index >= 15 is 0 Å². The number of aryl methyl sites for hydroxylation is 1.